The molecule has 2 rings (SSSR count). The number of terminal acetylenes is 1. The van der Waals surface area contributed by atoms with Crippen LogP contribution in [0.4, 0.5) is 0 Å². The minimum atomic E-state index is 0. The van der Waals surface area contributed by atoms with Crippen LogP contribution in [0.3, 0.4) is 0 Å². The molecule has 0 radical (unpaired) electrons. The van der Waals surface area contributed by atoms with E-state index in [0.29, 0.717) is 6.04 Å². The average molecular weight is 268 g/mol. The molecule has 0 aliphatic heterocycles. The van der Waals surface area contributed by atoms with Crippen LogP contribution in [0.1, 0.15) is 39.2 Å². The normalized spacial score (nSPS) is 11.6. The summed E-state index contributed by atoms with van der Waals surface area (Å²) in [6.45, 7) is 3.11. The Bertz CT molecular complexity index is 569. The van der Waals surface area contributed by atoms with Crippen LogP contribution < -0.4 is 5.32 Å². The summed E-state index contributed by atoms with van der Waals surface area (Å²) in [5.41, 5.74) is 1.31. The Labute approximate surface area is 122 Å². The maximum absolute atomic E-state index is 5.26. The second-order valence-electron chi connectivity index (χ2n) is 4.94. The Morgan fingerprint density at radius 3 is 2.95 bits per heavy atom. The van der Waals surface area contributed by atoms with E-state index in [1.165, 1.54) is 16.3 Å². The van der Waals surface area contributed by atoms with E-state index in [1.807, 2.05) is 12.4 Å². The highest BCUT2D eigenvalue weighted by molar-refractivity contribution is 5.81. The molecule has 1 aromatic carbocycles. The highest BCUT2D eigenvalue weighted by Gasteiger charge is 2.02. The van der Waals surface area contributed by atoms with Crippen LogP contribution in [-0.2, 0) is 6.54 Å². The van der Waals surface area contributed by atoms with Crippen LogP contribution >= 0.6 is 0 Å². The topological polar surface area (TPSA) is 24.9 Å². The molecule has 20 heavy (non-hydrogen) atoms. The molecule has 0 unspecified atom stereocenters. The van der Waals surface area contributed by atoms with Crippen molar-refractivity contribution in [2.24, 2.45) is 0 Å². The summed E-state index contributed by atoms with van der Waals surface area (Å²) in [5, 5.41) is 5.97. The number of benzene rings is 1. The molecule has 1 heterocycles. The minimum Gasteiger partial charge on any atom is -0.310 e. The van der Waals surface area contributed by atoms with E-state index in [4.69, 9.17) is 6.42 Å². The fourth-order valence-corrected chi connectivity index (χ4v) is 2.15. The van der Waals surface area contributed by atoms with Crippen molar-refractivity contribution in [1.82, 2.24) is 10.3 Å². The molecule has 2 heteroatoms. The number of nitrogens with zero attached hydrogens (tertiary/aromatic N) is 1. The van der Waals surface area contributed by atoms with Crippen molar-refractivity contribution in [2.75, 3.05) is 0 Å². The number of aromatic nitrogens is 1. The molecule has 0 amide bonds. The summed E-state index contributed by atoms with van der Waals surface area (Å²) in [6.07, 6.45) is 12.1. The van der Waals surface area contributed by atoms with Gasteiger partial charge >= 0.3 is 0 Å². The van der Waals surface area contributed by atoms with Gasteiger partial charge in [0.2, 0.25) is 0 Å². The number of rotatable bonds is 6. The second kappa shape index (κ2) is 8.35. The number of unbranched alkanes of at least 4 members (excludes halogenated alkanes) is 1. The first kappa shape index (κ1) is 16.2. The van der Waals surface area contributed by atoms with Gasteiger partial charge in [0.1, 0.15) is 0 Å². The van der Waals surface area contributed by atoms with Crippen molar-refractivity contribution in [2.45, 2.75) is 46.2 Å². The highest BCUT2D eigenvalue weighted by atomic mass is 14.9. The molecule has 0 fully saturated rings. The fourth-order valence-electron chi connectivity index (χ4n) is 2.15. The Kier molecular flexibility index (Phi) is 6.76. The van der Waals surface area contributed by atoms with Crippen LogP contribution in [0.5, 0.6) is 0 Å². The van der Waals surface area contributed by atoms with E-state index in [0.717, 1.165) is 25.8 Å². The van der Waals surface area contributed by atoms with E-state index in [2.05, 4.69) is 47.4 Å². The highest BCUT2D eigenvalue weighted by Crippen LogP contribution is 2.14. The van der Waals surface area contributed by atoms with Crippen LogP contribution in [0.25, 0.3) is 10.8 Å². The van der Waals surface area contributed by atoms with Crippen LogP contribution in [0, 0.1) is 12.3 Å². The summed E-state index contributed by atoms with van der Waals surface area (Å²) in [6, 6.07) is 9.06. The van der Waals surface area contributed by atoms with E-state index in [1.54, 1.807) is 0 Å². The summed E-state index contributed by atoms with van der Waals surface area (Å²) < 4.78 is 0. The van der Waals surface area contributed by atoms with Crippen molar-refractivity contribution >= 4 is 10.8 Å². The average Bonchev–Trinajstić information content (AvgIpc) is 2.45. The van der Waals surface area contributed by atoms with Gasteiger partial charge in [0.05, 0.1) is 0 Å². The Hall–Kier alpha value is -1.85. The van der Waals surface area contributed by atoms with Gasteiger partial charge in [0.15, 0.2) is 0 Å². The molecule has 0 saturated heterocycles. The summed E-state index contributed by atoms with van der Waals surface area (Å²) >= 11 is 0. The zero-order valence-electron chi connectivity index (χ0n) is 11.4. The number of fused-ring (bicyclic) bond motifs is 1. The largest absolute Gasteiger partial charge is 0.310 e. The van der Waals surface area contributed by atoms with Crippen molar-refractivity contribution in [1.29, 1.82) is 0 Å². The van der Waals surface area contributed by atoms with Crippen LogP contribution in [0.15, 0.2) is 36.7 Å². The molecule has 2 nitrogen and oxygen atoms in total. The van der Waals surface area contributed by atoms with Gasteiger partial charge in [-0.25, -0.2) is 0 Å². The number of hydrogen-bond acceptors (Lipinski definition) is 2. The molecule has 1 N–H and O–H groups in total. The third kappa shape index (κ3) is 4.68. The second-order valence-corrected chi connectivity index (χ2v) is 4.94. The van der Waals surface area contributed by atoms with Crippen LogP contribution in [-0.4, -0.2) is 11.0 Å². The van der Waals surface area contributed by atoms with Crippen molar-refractivity contribution in [3.05, 3.63) is 42.2 Å². The smallest absolute Gasteiger partial charge is 0.0346 e. The van der Waals surface area contributed by atoms with Gasteiger partial charge in [-0.05, 0) is 42.8 Å². The molecular formula is C18H24N2. The first-order valence-corrected chi connectivity index (χ1v) is 6.79. The molecule has 1 aromatic heterocycles. The van der Waals surface area contributed by atoms with Crippen molar-refractivity contribution < 1.29 is 0 Å². The molecule has 0 bridgehead atoms. The first-order valence-electron chi connectivity index (χ1n) is 6.79. The van der Waals surface area contributed by atoms with Crippen LogP contribution in [0.2, 0.25) is 0 Å². The van der Waals surface area contributed by atoms with Crippen molar-refractivity contribution in [3.63, 3.8) is 0 Å². The molecule has 0 aliphatic rings. The van der Waals surface area contributed by atoms with Gasteiger partial charge < -0.3 is 5.32 Å². The fraction of sp³-hybridized carbons (Fsp3) is 0.389. The Balaban J connectivity index is 0.00000200. The number of pyridine rings is 1. The lowest BCUT2D eigenvalue weighted by atomic mass is 10.1. The van der Waals surface area contributed by atoms with Gasteiger partial charge in [-0.3, -0.25) is 4.98 Å². The van der Waals surface area contributed by atoms with Crippen molar-refractivity contribution in [3.8, 4) is 12.3 Å². The summed E-state index contributed by atoms with van der Waals surface area (Å²) in [7, 11) is 0. The van der Waals surface area contributed by atoms with Gasteiger partial charge in [-0.1, -0.05) is 19.6 Å². The molecule has 0 spiro atoms. The first-order chi connectivity index (χ1) is 9.29. The third-order valence-corrected chi connectivity index (χ3v) is 3.32. The van der Waals surface area contributed by atoms with Gasteiger partial charge in [-0.15, -0.1) is 12.3 Å². The van der Waals surface area contributed by atoms with Gasteiger partial charge in [0.25, 0.3) is 0 Å². The molecule has 0 aliphatic carbocycles. The number of hydrogen-bond donors (Lipinski definition) is 1. The predicted octanol–water partition coefficient (Wildman–Crippen LogP) is 4.15. The minimum absolute atomic E-state index is 0. The standard InChI is InChI=1S/C17H20N2.CH4/c1-3-4-5-6-14(2)19-12-15-7-8-17-13-18-10-9-16(17)11-15;/h1,7-11,13-14,19H,4-6,12H2,2H3;1H4/t14-;/m1./s1. The SMILES string of the molecule is C.C#CCCC[C@@H](C)NCc1ccc2cnccc2c1. The third-order valence-electron chi connectivity index (χ3n) is 3.32. The molecule has 2 aromatic rings. The maximum Gasteiger partial charge on any atom is 0.0346 e. The van der Waals surface area contributed by atoms with E-state index >= 15 is 0 Å². The van der Waals surface area contributed by atoms with E-state index in [-0.39, 0.29) is 7.43 Å². The maximum atomic E-state index is 5.26. The quantitative estimate of drug-likeness (QED) is 0.629. The number of nitrogens with one attached hydrogen (secondary N) is 1. The van der Waals surface area contributed by atoms with E-state index in [9.17, 15) is 0 Å². The van der Waals surface area contributed by atoms with Gasteiger partial charge in [0, 0.05) is 36.8 Å². The zero-order chi connectivity index (χ0) is 13.5. The Morgan fingerprint density at radius 2 is 2.15 bits per heavy atom. The molecule has 106 valence electrons. The predicted molar refractivity (Wildman–Crippen MR) is 87.5 cm³/mol. The Morgan fingerprint density at radius 1 is 1.30 bits per heavy atom. The molecule has 0 saturated carbocycles. The monoisotopic (exact) mass is 268 g/mol. The lowest BCUT2D eigenvalue weighted by Crippen LogP contribution is -2.25. The lowest BCUT2D eigenvalue weighted by Gasteiger charge is -2.13. The lowest BCUT2D eigenvalue weighted by molar-refractivity contribution is 0.501. The zero-order valence-corrected chi connectivity index (χ0v) is 11.4. The summed E-state index contributed by atoms with van der Waals surface area (Å²) in [5.74, 6) is 2.68. The van der Waals surface area contributed by atoms with E-state index < -0.39 is 0 Å². The van der Waals surface area contributed by atoms with Gasteiger partial charge in [-0.2, -0.15) is 0 Å². The summed E-state index contributed by atoms with van der Waals surface area (Å²) in [4.78, 5) is 4.13. The molecule has 1 atom stereocenters. The molecular weight excluding hydrogens is 244 g/mol.